The van der Waals surface area contributed by atoms with Gasteiger partial charge in [-0.15, -0.1) is 0 Å². The van der Waals surface area contributed by atoms with Crippen molar-refractivity contribution >= 4 is 17.6 Å². The summed E-state index contributed by atoms with van der Waals surface area (Å²) in [5.41, 5.74) is 0.727. The molecule has 0 unspecified atom stereocenters. The zero-order valence-corrected chi connectivity index (χ0v) is 15.2. The molecule has 6 heteroatoms. The Labute approximate surface area is 148 Å². The number of carboxylic acid groups (broad SMARTS) is 1. The van der Waals surface area contributed by atoms with Gasteiger partial charge in [0.05, 0.1) is 5.71 Å². The van der Waals surface area contributed by atoms with Crippen LogP contribution in [-0.2, 0) is 14.4 Å². The van der Waals surface area contributed by atoms with E-state index in [1.807, 2.05) is 6.92 Å². The Morgan fingerprint density at radius 1 is 1.36 bits per heavy atom. The number of nitrogens with one attached hydrogen (secondary N) is 1. The monoisotopic (exact) mass is 348 g/mol. The molecule has 0 aromatic heterocycles. The summed E-state index contributed by atoms with van der Waals surface area (Å²) in [6.45, 7) is 4.08. The number of carbonyl (C=O) groups excluding carboxylic acids is 1. The summed E-state index contributed by atoms with van der Waals surface area (Å²) in [5.74, 6) is -0.404. The fourth-order valence-corrected chi connectivity index (χ4v) is 4.69. The molecule has 25 heavy (non-hydrogen) atoms. The number of aliphatic carboxylic acids is 1. The van der Waals surface area contributed by atoms with Crippen LogP contribution in [0.2, 0.25) is 0 Å². The van der Waals surface area contributed by atoms with Gasteiger partial charge in [-0.2, -0.15) is 0 Å². The first-order valence-corrected chi connectivity index (χ1v) is 9.34. The molecule has 2 N–H and O–H groups in total. The summed E-state index contributed by atoms with van der Waals surface area (Å²) in [5, 5.41) is 16.6. The summed E-state index contributed by atoms with van der Waals surface area (Å²) in [7, 11) is 1.55. The maximum atomic E-state index is 13.0. The van der Waals surface area contributed by atoms with E-state index >= 15 is 0 Å². The molecule has 2 saturated carbocycles. The third-order valence-corrected chi connectivity index (χ3v) is 6.31. The summed E-state index contributed by atoms with van der Waals surface area (Å²) in [6.07, 6.45) is 7.03. The second-order valence-electron chi connectivity index (χ2n) is 7.58. The zero-order valence-electron chi connectivity index (χ0n) is 15.2. The summed E-state index contributed by atoms with van der Waals surface area (Å²) < 4.78 is 0. The minimum absolute atomic E-state index is 0.0325. The van der Waals surface area contributed by atoms with E-state index in [-0.39, 0.29) is 23.7 Å². The molecule has 0 spiro atoms. The second kappa shape index (κ2) is 6.81. The van der Waals surface area contributed by atoms with E-state index < -0.39 is 11.5 Å². The van der Waals surface area contributed by atoms with Gasteiger partial charge in [-0.05, 0) is 49.9 Å². The maximum absolute atomic E-state index is 13.0. The normalized spacial score (nSPS) is 38.0. The largest absolute Gasteiger partial charge is 0.479 e. The van der Waals surface area contributed by atoms with Crippen LogP contribution < -0.4 is 5.32 Å². The van der Waals surface area contributed by atoms with Gasteiger partial charge in [-0.25, -0.2) is 4.79 Å². The van der Waals surface area contributed by atoms with Crippen LogP contribution in [0.15, 0.2) is 16.8 Å². The highest BCUT2D eigenvalue weighted by Crippen LogP contribution is 2.48. The third-order valence-electron chi connectivity index (χ3n) is 6.31. The van der Waals surface area contributed by atoms with E-state index in [0.717, 1.165) is 43.4 Å². The van der Waals surface area contributed by atoms with Crippen molar-refractivity contribution in [3.63, 3.8) is 0 Å². The van der Waals surface area contributed by atoms with Gasteiger partial charge in [0.15, 0.2) is 0 Å². The molecule has 0 aliphatic heterocycles. The van der Waals surface area contributed by atoms with Crippen LogP contribution in [0.3, 0.4) is 0 Å². The smallest absolute Gasteiger partial charge is 0.329 e. The van der Waals surface area contributed by atoms with Gasteiger partial charge in [-0.1, -0.05) is 31.5 Å². The highest BCUT2D eigenvalue weighted by atomic mass is 16.6. The Bertz CT molecular complexity index is 627. The summed E-state index contributed by atoms with van der Waals surface area (Å²) in [6, 6.07) is 0. The fraction of sp³-hybridized carbons (Fsp3) is 0.737. The lowest BCUT2D eigenvalue weighted by Gasteiger charge is -2.31. The SMILES string of the molecule is CC[C@H]1C=C(C(=O)N[C@]2(C(=O)O)C[C@H]2CC)[C@H]2CC/C(=N\OC)[C@H]2C1. The molecule has 0 radical (unpaired) electrons. The standard InChI is InChI=1S/C19H28N2O4/c1-4-11-8-14-13(6-7-16(14)21-25-3)15(9-11)17(22)20-19(18(23)24)10-12(19)5-2/h9,11-14H,4-8,10H2,1-3H3,(H,20,22)(H,23,24)/b21-16+/t11-,12-,13+,14+,19-/m1/s1. The Balaban J connectivity index is 1.82. The Hall–Kier alpha value is -1.85. The van der Waals surface area contributed by atoms with Crippen LogP contribution in [0, 0.1) is 23.7 Å². The number of oxime groups is 1. The van der Waals surface area contributed by atoms with Gasteiger partial charge >= 0.3 is 5.97 Å². The Morgan fingerprint density at radius 2 is 2.12 bits per heavy atom. The van der Waals surface area contributed by atoms with Crippen molar-refractivity contribution in [3.8, 4) is 0 Å². The number of carboxylic acids is 1. The van der Waals surface area contributed by atoms with Crippen LogP contribution >= 0.6 is 0 Å². The van der Waals surface area contributed by atoms with E-state index in [9.17, 15) is 14.7 Å². The first-order chi connectivity index (χ1) is 12.0. The summed E-state index contributed by atoms with van der Waals surface area (Å²) >= 11 is 0. The molecule has 3 aliphatic rings. The van der Waals surface area contributed by atoms with Crippen molar-refractivity contribution in [1.29, 1.82) is 0 Å². The van der Waals surface area contributed by atoms with Crippen molar-refractivity contribution in [3.05, 3.63) is 11.6 Å². The molecule has 0 heterocycles. The number of fused-ring (bicyclic) bond motifs is 1. The lowest BCUT2D eigenvalue weighted by atomic mass is 9.74. The average Bonchev–Trinajstić information content (AvgIpc) is 3.18. The number of hydrogen-bond acceptors (Lipinski definition) is 4. The molecular weight excluding hydrogens is 320 g/mol. The maximum Gasteiger partial charge on any atom is 0.329 e. The van der Waals surface area contributed by atoms with E-state index in [0.29, 0.717) is 12.3 Å². The van der Waals surface area contributed by atoms with Crippen LogP contribution in [0.1, 0.15) is 52.4 Å². The molecule has 2 fully saturated rings. The average molecular weight is 348 g/mol. The first kappa shape index (κ1) is 18.0. The Kier molecular flexibility index (Phi) is 4.89. The molecule has 3 rings (SSSR count). The number of amides is 1. The van der Waals surface area contributed by atoms with E-state index in [4.69, 9.17) is 4.84 Å². The molecule has 6 nitrogen and oxygen atoms in total. The second-order valence-corrected chi connectivity index (χ2v) is 7.58. The van der Waals surface area contributed by atoms with Gasteiger partial charge in [0.1, 0.15) is 12.6 Å². The molecule has 138 valence electrons. The fourth-order valence-electron chi connectivity index (χ4n) is 4.69. The molecule has 0 aromatic rings. The molecule has 0 aromatic carbocycles. The lowest BCUT2D eigenvalue weighted by molar-refractivity contribution is -0.143. The van der Waals surface area contributed by atoms with Crippen molar-refractivity contribution in [2.75, 3.05) is 7.11 Å². The number of allylic oxidation sites excluding steroid dienone is 1. The third kappa shape index (κ3) is 3.07. The molecule has 3 aliphatic carbocycles. The van der Waals surface area contributed by atoms with Gasteiger partial charge in [0.2, 0.25) is 5.91 Å². The summed E-state index contributed by atoms with van der Waals surface area (Å²) in [4.78, 5) is 29.6. The van der Waals surface area contributed by atoms with Crippen molar-refractivity contribution < 1.29 is 19.5 Å². The van der Waals surface area contributed by atoms with Crippen molar-refractivity contribution in [1.82, 2.24) is 5.32 Å². The molecule has 0 bridgehead atoms. The minimum Gasteiger partial charge on any atom is -0.479 e. The predicted molar refractivity (Wildman–Crippen MR) is 94.0 cm³/mol. The van der Waals surface area contributed by atoms with Gasteiger partial charge in [0.25, 0.3) is 0 Å². The number of hydrogen-bond donors (Lipinski definition) is 2. The molecule has 1 amide bonds. The molecular formula is C19H28N2O4. The van der Waals surface area contributed by atoms with E-state index in [1.165, 1.54) is 0 Å². The zero-order chi connectivity index (χ0) is 18.2. The highest BCUT2D eigenvalue weighted by Gasteiger charge is 2.61. The minimum atomic E-state index is -1.07. The van der Waals surface area contributed by atoms with Crippen molar-refractivity contribution in [2.45, 2.75) is 57.9 Å². The molecule has 5 atom stereocenters. The van der Waals surface area contributed by atoms with Gasteiger partial charge in [0, 0.05) is 11.5 Å². The molecule has 0 saturated heterocycles. The van der Waals surface area contributed by atoms with E-state index in [1.54, 1.807) is 7.11 Å². The number of nitrogens with zero attached hydrogens (tertiary/aromatic N) is 1. The van der Waals surface area contributed by atoms with Crippen LogP contribution in [0.25, 0.3) is 0 Å². The van der Waals surface area contributed by atoms with Gasteiger partial charge < -0.3 is 15.3 Å². The van der Waals surface area contributed by atoms with Crippen LogP contribution in [-0.4, -0.2) is 35.3 Å². The lowest BCUT2D eigenvalue weighted by Crippen LogP contribution is -2.47. The number of rotatable bonds is 6. The van der Waals surface area contributed by atoms with Crippen LogP contribution in [0.5, 0.6) is 0 Å². The topological polar surface area (TPSA) is 88.0 Å². The van der Waals surface area contributed by atoms with Gasteiger partial charge in [-0.3, -0.25) is 4.79 Å². The predicted octanol–water partition coefficient (Wildman–Crippen LogP) is 2.74. The Morgan fingerprint density at radius 3 is 2.68 bits per heavy atom. The van der Waals surface area contributed by atoms with Crippen molar-refractivity contribution in [2.24, 2.45) is 28.8 Å². The number of carbonyl (C=O) groups is 2. The van der Waals surface area contributed by atoms with E-state index in [2.05, 4.69) is 23.5 Å². The highest BCUT2D eigenvalue weighted by molar-refractivity contribution is 6.01. The quantitative estimate of drug-likeness (QED) is 0.723. The first-order valence-electron chi connectivity index (χ1n) is 9.34. The van der Waals surface area contributed by atoms with Crippen LogP contribution in [0.4, 0.5) is 0 Å².